The number of benzene rings is 1. The van der Waals surface area contributed by atoms with Crippen molar-refractivity contribution in [3.63, 3.8) is 0 Å². The lowest BCUT2D eigenvalue weighted by molar-refractivity contribution is -0.117. The number of hydrogen-bond donors (Lipinski definition) is 1. The summed E-state index contributed by atoms with van der Waals surface area (Å²) in [5.74, 6) is 0.339. The maximum Gasteiger partial charge on any atom is 0.238 e. The first-order valence-electron chi connectivity index (χ1n) is 10.2. The molecule has 1 heterocycles. The zero-order valence-corrected chi connectivity index (χ0v) is 16.3. The molecule has 1 saturated heterocycles. The third-order valence-corrected chi connectivity index (χ3v) is 5.73. The first kappa shape index (κ1) is 20.2. The van der Waals surface area contributed by atoms with E-state index in [2.05, 4.69) is 22.0 Å². The summed E-state index contributed by atoms with van der Waals surface area (Å²) < 4.78 is 19.0. The second-order valence-corrected chi connectivity index (χ2v) is 7.84. The zero-order chi connectivity index (χ0) is 19.1. The Labute approximate surface area is 161 Å². The number of hydrogen-bond acceptors (Lipinski definition) is 4. The number of nitrogens with zero attached hydrogens (tertiary/aromatic N) is 2. The molecule has 1 amide bonds. The third kappa shape index (κ3) is 6.55. The molecule has 0 aromatic heterocycles. The van der Waals surface area contributed by atoms with Gasteiger partial charge in [-0.1, -0.05) is 19.8 Å². The zero-order valence-electron chi connectivity index (χ0n) is 16.3. The second kappa shape index (κ2) is 10.2. The lowest BCUT2D eigenvalue weighted by Crippen LogP contribution is -2.49. The van der Waals surface area contributed by atoms with E-state index in [1.165, 1.54) is 37.8 Å². The van der Waals surface area contributed by atoms with E-state index in [-0.39, 0.29) is 11.7 Å². The third-order valence-electron chi connectivity index (χ3n) is 5.73. The fourth-order valence-corrected chi connectivity index (χ4v) is 3.97. The topological polar surface area (TPSA) is 44.8 Å². The number of anilines is 1. The predicted octanol–water partition coefficient (Wildman–Crippen LogP) is 2.98. The van der Waals surface area contributed by atoms with Gasteiger partial charge in [0.1, 0.15) is 5.82 Å². The van der Waals surface area contributed by atoms with Crippen LogP contribution < -0.4 is 5.32 Å². The molecule has 2 fully saturated rings. The summed E-state index contributed by atoms with van der Waals surface area (Å²) in [6.07, 6.45) is 5.59. The van der Waals surface area contributed by atoms with E-state index < -0.39 is 0 Å². The molecule has 150 valence electrons. The van der Waals surface area contributed by atoms with Gasteiger partial charge in [-0.05, 0) is 43.0 Å². The predicted molar refractivity (Wildman–Crippen MR) is 105 cm³/mol. The van der Waals surface area contributed by atoms with Gasteiger partial charge in [0.05, 0.1) is 19.3 Å². The fourth-order valence-electron chi connectivity index (χ4n) is 3.97. The van der Waals surface area contributed by atoms with Crippen LogP contribution in [0.2, 0.25) is 0 Å². The summed E-state index contributed by atoms with van der Waals surface area (Å²) in [5, 5.41) is 2.82. The number of piperazine rings is 1. The highest BCUT2D eigenvalue weighted by atomic mass is 19.1. The van der Waals surface area contributed by atoms with E-state index >= 15 is 0 Å². The van der Waals surface area contributed by atoms with Crippen LogP contribution in [0.15, 0.2) is 24.3 Å². The van der Waals surface area contributed by atoms with Crippen molar-refractivity contribution in [2.45, 2.75) is 38.7 Å². The van der Waals surface area contributed by atoms with Crippen molar-refractivity contribution in [2.75, 3.05) is 51.2 Å². The van der Waals surface area contributed by atoms with Crippen LogP contribution >= 0.6 is 0 Å². The van der Waals surface area contributed by atoms with E-state index in [1.807, 2.05) is 0 Å². The van der Waals surface area contributed by atoms with Crippen LogP contribution in [0, 0.1) is 11.7 Å². The van der Waals surface area contributed by atoms with Crippen LogP contribution in [-0.4, -0.2) is 67.7 Å². The summed E-state index contributed by atoms with van der Waals surface area (Å²) in [6.45, 7) is 8.16. The van der Waals surface area contributed by atoms with E-state index in [0.29, 0.717) is 24.3 Å². The van der Waals surface area contributed by atoms with E-state index in [0.717, 1.165) is 39.3 Å². The van der Waals surface area contributed by atoms with Gasteiger partial charge in [0.2, 0.25) is 5.91 Å². The molecule has 2 aliphatic rings. The Bertz CT molecular complexity index is 588. The van der Waals surface area contributed by atoms with Gasteiger partial charge in [-0.3, -0.25) is 14.6 Å². The van der Waals surface area contributed by atoms with Crippen molar-refractivity contribution in [3.8, 4) is 0 Å². The molecule has 0 radical (unpaired) electrons. The Kier molecular flexibility index (Phi) is 7.61. The van der Waals surface area contributed by atoms with Crippen LogP contribution in [0.1, 0.15) is 32.6 Å². The van der Waals surface area contributed by atoms with Crippen molar-refractivity contribution < 1.29 is 13.9 Å². The molecule has 1 aliphatic heterocycles. The largest absolute Gasteiger partial charge is 0.377 e. The first-order valence-corrected chi connectivity index (χ1v) is 10.2. The Morgan fingerprint density at radius 1 is 1.11 bits per heavy atom. The lowest BCUT2D eigenvalue weighted by atomic mass is 9.88. The molecular formula is C21H32FN3O2. The number of carbonyl (C=O) groups excluding carboxylic acids is 1. The Morgan fingerprint density at radius 3 is 2.48 bits per heavy atom. The smallest absolute Gasteiger partial charge is 0.238 e. The molecular weight excluding hydrogens is 345 g/mol. The SMILES string of the molecule is C[C@H]1CCCC[C@H]1OCCN1CCN(CC(=O)Nc2ccc(F)cc2)CC1. The van der Waals surface area contributed by atoms with Crippen LogP contribution in [-0.2, 0) is 9.53 Å². The number of nitrogens with one attached hydrogen (secondary N) is 1. The number of halogens is 1. The maximum atomic E-state index is 12.9. The van der Waals surface area contributed by atoms with Gasteiger partial charge >= 0.3 is 0 Å². The van der Waals surface area contributed by atoms with Crippen molar-refractivity contribution in [1.82, 2.24) is 9.80 Å². The molecule has 1 N–H and O–H groups in total. The van der Waals surface area contributed by atoms with Gasteiger partial charge < -0.3 is 10.1 Å². The fraction of sp³-hybridized carbons (Fsp3) is 0.667. The average molecular weight is 378 g/mol. The molecule has 1 aliphatic carbocycles. The van der Waals surface area contributed by atoms with Crippen LogP contribution in [0.5, 0.6) is 0 Å². The molecule has 0 spiro atoms. The number of ether oxygens (including phenoxy) is 1. The highest BCUT2D eigenvalue weighted by Gasteiger charge is 2.23. The van der Waals surface area contributed by atoms with Crippen LogP contribution in [0.4, 0.5) is 10.1 Å². The van der Waals surface area contributed by atoms with Crippen molar-refractivity contribution in [3.05, 3.63) is 30.1 Å². The number of rotatable bonds is 7. The molecule has 0 bridgehead atoms. The van der Waals surface area contributed by atoms with Gasteiger partial charge in [0, 0.05) is 38.4 Å². The van der Waals surface area contributed by atoms with Crippen LogP contribution in [0.25, 0.3) is 0 Å². The highest BCUT2D eigenvalue weighted by Crippen LogP contribution is 2.26. The monoisotopic (exact) mass is 377 g/mol. The summed E-state index contributed by atoms with van der Waals surface area (Å²) in [6, 6.07) is 5.87. The Balaban J connectivity index is 1.30. The molecule has 1 saturated carbocycles. The average Bonchev–Trinajstić information content (AvgIpc) is 2.66. The maximum absolute atomic E-state index is 12.9. The van der Waals surface area contributed by atoms with Gasteiger partial charge in [0.15, 0.2) is 0 Å². The molecule has 0 unspecified atom stereocenters. The van der Waals surface area contributed by atoms with Gasteiger partial charge in [0.25, 0.3) is 0 Å². The minimum atomic E-state index is -0.300. The van der Waals surface area contributed by atoms with Crippen molar-refractivity contribution in [2.24, 2.45) is 5.92 Å². The summed E-state index contributed by atoms with van der Waals surface area (Å²) in [4.78, 5) is 16.7. The standard InChI is InChI=1S/C21H32FN3O2/c1-17-4-2-3-5-20(17)27-15-14-24-10-12-25(13-11-24)16-21(26)23-19-8-6-18(22)7-9-19/h6-9,17,20H,2-5,10-16H2,1H3,(H,23,26)/t17-,20+/m0/s1. The van der Waals surface area contributed by atoms with Crippen LogP contribution in [0.3, 0.4) is 0 Å². The summed E-state index contributed by atoms with van der Waals surface area (Å²) >= 11 is 0. The lowest BCUT2D eigenvalue weighted by Gasteiger charge is -2.35. The first-order chi connectivity index (χ1) is 13.1. The summed E-state index contributed by atoms with van der Waals surface area (Å²) in [7, 11) is 0. The normalized spacial score (nSPS) is 24.7. The minimum Gasteiger partial charge on any atom is -0.377 e. The van der Waals surface area contributed by atoms with Gasteiger partial charge in [-0.25, -0.2) is 4.39 Å². The summed E-state index contributed by atoms with van der Waals surface area (Å²) in [5.41, 5.74) is 0.633. The second-order valence-electron chi connectivity index (χ2n) is 7.84. The minimum absolute atomic E-state index is 0.0512. The van der Waals surface area contributed by atoms with E-state index in [1.54, 1.807) is 12.1 Å². The quantitative estimate of drug-likeness (QED) is 0.794. The van der Waals surface area contributed by atoms with Crippen molar-refractivity contribution >= 4 is 11.6 Å². The Hall–Kier alpha value is -1.50. The highest BCUT2D eigenvalue weighted by molar-refractivity contribution is 5.92. The molecule has 1 aromatic carbocycles. The molecule has 2 atom stereocenters. The molecule has 3 rings (SSSR count). The Morgan fingerprint density at radius 2 is 1.78 bits per heavy atom. The molecule has 6 heteroatoms. The van der Waals surface area contributed by atoms with E-state index in [9.17, 15) is 9.18 Å². The number of carbonyl (C=O) groups is 1. The van der Waals surface area contributed by atoms with Crippen molar-refractivity contribution in [1.29, 1.82) is 0 Å². The van der Waals surface area contributed by atoms with Gasteiger partial charge in [-0.2, -0.15) is 0 Å². The van der Waals surface area contributed by atoms with E-state index in [4.69, 9.17) is 4.74 Å². The number of amides is 1. The molecule has 27 heavy (non-hydrogen) atoms. The molecule has 1 aromatic rings. The van der Waals surface area contributed by atoms with Gasteiger partial charge in [-0.15, -0.1) is 0 Å². The molecule has 5 nitrogen and oxygen atoms in total.